The number of anilines is 1. The van der Waals surface area contributed by atoms with Crippen molar-refractivity contribution in [3.05, 3.63) is 24.0 Å². The molecular formula is C11H17N3O2S. The van der Waals surface area contributed by atoms with E-state index in [0.717, 1.165) is 17.9 Å². The van der Waals surface area contributed by atoms with Gasteiger partial charge in [-0.3, -0.25) is 4.98 Å². The zero-order chi connectivity index (χ0) is 12.3. The van der Waals surface area contributed by atoms with Crippen LogP contribution in [0.25, 0.3) is 0 Å². The van der Waals surface area contributed by atoms with Crippen LogP contribution in [0.4, 0.5) is 5.69 Å². The molecule has 2 heterocycles. The van der Waals surface area contributed by atoms with Crippen molar-refractivity contribution in [2.45, 2.75) is 6.54 Å². The third-order valence-corrected chi connectivity index (χ3v) is 4.48. The molecule has 0 aliphatic carbocycles. The lowest BCUT2D eigenvalue weighted by Gasteiger charge is -2.28. The normalized spacial score (nSPS) is 19.2. The Morgan fingerprint density at radius 1 is 1.41 bits per heavy atom. The average molecular weight is 255 g/mol. The van der Waals surface area contributed by atoms with Crippen molar-refractivity contribution in [2.75, 3.05) is 36.5 Å². The fourth-order valence-corrected chi connectivity index (χ4v) is 3.11. The molecule has 0 aromatic carbocycles. The van der Waals surface area contributed by atoms with E-state index in [4.69, 9.17) is 0 Å². The standard InChI is InChI=1S/C11H17N3O2S/c1-12-9-10-8-11(2-3-13-10)14-4-6-17(15,16)7-5-14/h2-3,8,12H,4-7,9H2,1H3. The summed E-state index contributed by atoms with van der Waals surface area (Å²) in [5.41, 5.74) is 2.03. The monoisotopic (exact) mass is 255 g/mol. The molecule has 0 unspecified atom stereocenters. The molecule has 1 N–H and O–H groups in total. The number of nitrogens with zero attached hydrogens (tertiary/aromatic N) is 2. The zero-order valence-electron chi connectivity index (χ0n) is 9.89. The first-order chi connectivity index (χ1) is 8.11. The second kappa shape index (κ2) is 5.01. The van der Waals surface area contributed by atoms with Crippen molar-refractivity contribution in [3.63, 3.8) is 0 Å². The summed E-state index contributed by atoms with van der Waals surface area (Å²) < 4.78 is 22.7. The topological polar surface area (TPSA) is 62.3 Å². The summed E-state index contributed by atoms with van der Waals surface area (Å²) in [4.78, 5) is 6.34. The average Bonchev–Trinajstić information content (AvgIpc) is 2.30. The van der Waals surface area contributed by atoms with Crippen LogP contribution in [0, 0.1) is 0 Å². The molecule has 17 heavy (non-hydrogen) atoms. The minimum atomic E-state index is -2.81. The van der Waals surface area contributed by atoms with Crippen molar-refractivity contribution < 1.29 is 8.42 Å². The molecular weight excluding hydrogens is 238 g/mol. The van der Waals surface area contributed by atoms with Crippen LogP contribution in [-0.2, 0) is 16.4 Å². The van der Waals surface area contributed by atoms with Gasteiger partial charge in [0.25, 0.3) is 0 Å². The molecule has 0 bridgehead atoms. The van der Waals surface area contributed by atoms with Crippen LogP contribution in [0.1, 0.15) is 5.69 Å². The molecule has 1 aliphatic rings. The summed E-state index contributed by atoms with van der Waals surface area (Å²) >= 11 is 0. The summed E-state index contributed by atoms with van der Waals surface area (Å²) in [6.07, 6.45) is 1.77. The van der Waals surface area contributed by atoms with Gasteiger partial charge < -0.3 is 10.2 Å². The fraction of sp³-hybridized carbons (Fsp3) is 0.545. The van der Waals surface area contributed by atoms with E-state index in [9.17, 15) is 8.42 Å². The molecule has 94 valence electrons. The van der Waals surface area contributed by atoms with Gasteiger partial charge in [0.2, 0.25) is 0 Å². The van der Waals surface area contributed by atoms with Gasteiger partial charge in [-0.25, -0.2) is 8.42 Å². The molecule has 0 saturated carbocycles. The molecule has 1 aromatic rings. The van der Waals surface area contributed by atoms with E-state index < -0.39 is 9.84 Å². The summed E-state index contributed by atoms with van der Waals surface area (Å²) in [6.45, 7) is 1.87. The van der Waals surface area contributed by atoms with Crippen LogP contribution in [0.3, 0.4) is 0 Å². The highest BCUT2D eigenvalue weighted by molar-refractivity contribution is 7.91. The molecule has 5 nitrogen and oxygen atoms in total. The maximum Gasteiger partial charge on any atom is 0.153 e. The Labute approximate surface area is 102 Å². The predicted molar refractivity (Wildman–Crippen MR) is 67.9 cm³/mol. The third-order valence-electron chi connectivity index (χ3n) is 2.87. The third kappa shape index (κ3) is 3.17. The molecule has 2 rings (SSSR count). The Morgan fingerprint density at radius 2 is 2.12 bits per heavy atom. The van der Waals surface area contributed by atoms with Crippen molar-refractivity contribution in [2.24, 2.45) is 0 Å². The number of hydrogen-bond donors (Lipinski definition) is 1. The highest BCUT2D eigenvalue weighted by Crippen LogP contribution is 2.17. The lowest BCUT2D eigenvalue weighted by molar-refractivity contribution is 0.587. The molecule has 1 fully saturated rings. The van der Waals surface area contributed by atoms with E-state index in [0.29, 0.717) is 13.1 Å². The molecule has 0 radical (unpaired) electrons. The van der Waals surface area contributed by atoms with Crippen LogP contribution < -0.4 is 10.2 Å². The van der Waals surface area contributed by atoms with Gasteiger partial charge in [0, 0.05) is 31.5 Å². The largest absolute Gasteiger partial charge is 0.369 e. The van der Waals surface area contributed by atoms with Gasteiger partial charge in [-0.05, 0) is 19.2 Å². The van der Waals surface area contributed by atoms with Crippen LogP contribution in [-0.4, -0.2) is 45.0 Å². The first-order valence-electron chi connectivity index (χ1n) is 5.66. The molecule has 0 spiro atoms. The van der Waals surface area contributed by atoms with Gasteiger partial charge in [-0.1, -0.05) is 0 Å². The van der Waals surface area contributed by atoms with Gasteiger partial charge in [0.1, 0.15) is 0 Å². The van der Waals surface area contributed by atoms with Crippen molar-refractivity contribution in [1.82, 2.24) is 10.3 Å². The van der Waals surface area contributed by atoms with Crippen molar-refractivity contribution >= 4 is 15.5 Å². The Balaban J connectivity index is 2.10. The molecule has 1 aliphatic heterocycles. The Kier molecular flexibility index (Phi) is 3.63. The van der Waals surface area contributed by atoms with E-state index >= 15 is 0 Å². The van der Waals surface area contributed by atoms with Crippen LogP contribution in [0.15, 0.2) is 18.3 Å². The second-order valence-electron chi connectivity index (χ2n) is 4.17. The van der Waals surface area contributed by atoms with Gasteiger partial charge in [0.05, 0.1) is 17.2 Å². The van der Waals surface area contributed by atoms with Gasteiger partial charge in [0.15, 0.2) is 9.84 Å². The van der Waals surface area contributed by atoms with E-state index in [1.54, 1.807) is 6.20 Å². The molecule has 0 atom stereocenters. The quantitative estimate of drug-likeness (QED) is 0.826. The van der Waals surface area contributed by atoms with Gasteiger partial charge in [-0.15, -0.1) is 0 Å². The maximum atomic E-state index is 11.3. The highest BCUT2D eigenvalue weighted by atomic mass is 32.2. The van der Waals surface area contributed by atoms with Crippen LogP contribution in [0.5, 0.6) is 0 Å². The van der Waals surface area contributed by atoms with Crippen molar-refractivity contribution in [3.8, 4) is 0 Å². The van der Waals surface area contributed by atoms with Gasteiger partial charge >= 0.3 is 0 Å². The summed E-state index contributed by atoms with van der Waals surface area (Å²) in [6, 6.07) is 3.94. The minimum absolute atomic E-state index is 0.247. The number of sulfone groups is 1. The van der Waals surface area contributed by atoms with Crippen LogP contribution in [0.2, 0.25) is 0 Å². The summed E-state index contributed by atoms with van der Waals surface area (Å²) in [7, 11) is -0.937. The number of rotatable bonds is 3. The summed E-state index contributed by atoms with van der Waals surface area (Å²) in [5.74, 6) is 0.493. The number of nitrogens with one attached hydrogen (secondary N) is 1. The Hall–Kier alpha value is -1.14. The van der Waals surface area contributed by atoms with Crippen molar-refractivity contribution in [1.29, 1.82) is 0 Å². The Morgan fingerprint density at radius 3 is 2.76 bits per heavy atom. The molecule has 1 saturated heterocycles. The van der Waals surface area contributed by atoms with Crippen LogP contribution >= 0.6 is 0 Å². The SMILES string of the molecule is CNCc1cc(N2CCS(=O)(=O)CC2)ccn1. The van der Waals surface area contributed by atoms with E-state index in [2.05, 4.69) is 15.2 Å². The second-order valence-corrected chi connectivity index (χ2v) is 6.48. The summed E-state index contributed by atoms with van der Waals surface area (Å²) in [5, 5.41) is 3.05. The lowest BCUT2D eigenvalue weighted by atomic mass is 10.3. The lowest BCUT2D eigenvalue weighted by Crippen LogP contribution is -2.40. The first kappa shape index (κ1) is 12.3. The number of aromatic nitrogens is 1. The predicted octanol–water partition coefficient (Wildman–Crippen LogP) is 0.0358. The van der Waals surface area contributed by atoms with E-state index in [1.165, 1.54) is 0 Å². The van der Waals surface area contributed by atoms with E-state index in [-0.39, 0.29) is 11.5 Å². The smallest absolute Gasteiger partial charge is 0.153 e. The molecule has 6 heteroatoms. The van der Waals surface area contributed by atoms with Gasteiger partial charge in [-0.2, -0.15) is 0 Å². The molecule has 0 amide bonds. The zero-order valence-corrected chi connectivity index (χ0v) is 10.7. The molecule has 1 aromatic heterocycles. The highest BCUT2D eigenvalue weighted by Gasteiger charge is 2.21. The maximum absolute atomic E-state index is 11.3. The van der Waals surface area contributed by atoms with E-state index in [1.807, 2.05) is 19.2 Å². The number of pyridine rings is 1. The first-order valence-corrected chi connectivity index (χ1v) is 7.48. The fourth-order valence-electron chi connectivity index (χ4n) is 1.91. The minimum Gasteiger partial charge on any atom is -0.369 e. The Bertz CT molecular complexity index is 473. The number of hydrogen-bond acceptors (Lipinski definition) is 5.